The number of amides is 4. The fourth-order valence-corrected chi connectivity index (χ4v) is 5.59. The summed E-state index contributed by atoms with van der Waals surface area (Å²) in [6.45, 7) is 10.3. The number of carbonyl (C=O) groups is 4. The van der Waals surface area contributed by atoms with E-state index in [0.29, 0.717) is 31.3 Å². The van der Waals surface area contributed by atoms with Crippen molar-refractivity contribution in [3.63, 3.8) is 0 Å². The number of piperidine rings is 1. The van der Waals surface area contributed by atoms with Crippen LogP contribution in [-0.4, -0.2) is 90.7 Å². The maximum Gasteiger partial charge on any atom is 0.254 e. The highest BCUT2D eigenvalue weighted by molar-refractivity contribution is 5.99. The first-order valence-corrected chi connectivity index (χ1v) is 12.7. The van der Waals surface area contributed by atoms with Crippen LogP contribution in [0.15, 0.2) is 18.2 Å². The van der Waals surface area contributed by atoms with Crippen molar-refractivity contribution in [2.75, 3.05) is 44.2 Å². The van der Waals surface area contributed by atoms with Gasteiger partial charge in [-0.3, -0.25) is 29.4 Å². The molecular weight excluding hydrogens is 446 g/mol. The number of nitrogens with zero attached hydrogens (tertiary/aromatic N) is 4. The summed E-state index contributed by atoms with van der Waals surface area (Å²) in [5.41, 5.74) is 2.89. The van der Waals surface area contributed by atoms with Crippen molar-refractivity contribution in [3.05, 3.63) is 29.3 Å². The quantitative estimate of drug-likeness (QED) is 0.535. The average molecular weight is 484 g/mol. The van der Waals surface area contributed by atoms with Crippen molar-refractivity contribution in [3.8, 4) is 0 Å². The number of anilines is 1. The first kappa shape index (κ1) is 25.2. The van der Waals surface area contributed by atoms with Crippen LogP contribution in [0.5, 0.6) is 0 Å². The molecule has 2 unspecified atom stereocenters. The van der Waals surface area contributed by atoms with Crippen LogP contribution in [0.4, 0.5) is 5.69 Å². The van der Waals surface area contributed by atoms with Gasteiger partial charge < -0.3 is 14.7 Å². The average Bonchev–Trinajstić information content (AvgIpc) is 3.20. The van der Waals surface area contributed by atoms with Crippen molar-refractivity contribution >= 4 is 30.3 Å². The Hall–Kier alpha value is -2.94. The summed E-state index contributed by atoms with van der Waals surface area (Å²) in [5.74, 6) is 0.350. The van der Waals surface area contributed by atoms with Gasteiger partial charge in [-0.15, -0.1) is 0 Å². The van der Waals surface area contributed by atoms with E-state index in [9.17, 15) is 19.2 Å². The summed E-state index contributed by atoms with van der Waals surface area (Å²) in [6.07, 6.45) is 4.33. The van der Waals surface area contributed by atoms with E-state index in [1.165, 1.54) is 0 Å². The molecule has 35 heavy (non-hydrogen) atoms. The molecule has 2 saturated heterocycles. The lowest BCUT2D eigenvalue weighted by molar-refractivity contribution is -0.125. The minimum Gasteiger partial charge on any atom is -0.371 e. The monoisotopic (exact) mass is 483 g/mol. The largest absolute Gasteiger partial charge is 0.371 e. The van der Waals surface area contributed by atoms with Gasteiger partial charge in [-0.1, -0.05) is 6.07 Å². The van der Waals surface area contributed by atoms with Gasteiger partial charge in [0.1, 0.15) is 0 Å². The Balaban J connectivity index is 1.29. The number of rotatable bonds is 9. The zero-order valence-electron chi connectivity index (χ0n) is 20.8. The predicted octanol–water partition coefficient (Wildman–Crippen LogP) is 1.46. The van der Waals surface area contributed by atoms with Gasteiger partial charge >= 0.3 is 0 Å². The minimum atomic E-state index is -0.320. The van der Waals surface area contributed by atoms with Gasteiger partial charge in [0.25, 0.3) is 5.91 Å². The molecule has 1 N–H and O–H groups in total. The third-order valence-electron chi connectivity index (χ3n) is 7.88. The van der Waals surface area contributed by atoms with Gasteiger partial charge in [-0.25, -0.2) is 0 Å². The number of nitrogens with one attached hydrogen (secondary N) is 1. The standard InChI is InChI=1S/C26H37N5O4/c1-19(3-6-25(34)27-17-32)31-16-22-4-5-23(13-24(22)26(31)35)29-9-7-21(8-10-29)15-30-12-11-28(18-33)14-20(30)2/h4-5,13,17-21H,3,6-12,14-16H2,1-2H3,(H,27,32,34). The molecule has 9 heteroatoms. The Bertz CT molecular complexity index is 946. The number of carbonyl (C=O) groups excluding carboxylic acids is 4. The molecule has 1 aromatic rings. The van der Waals surface area contributed by atoms with Crippen LogP contribution in [0.3, 0.4) is 0 Å². The molecule has 1 aromatic carbocycles. The molecule has 0 bridgehead atoms. The van der Waals surface area contributed by atoms with E-state index in [2.05, 4.69) is 34.2 Å². The number of benzene rings is 1. The van der Waals surface area contributed by atoms with E-state index in [-0.39, 0.29) is 24.3 Å². The van der Waals surface area contributed by atoms with Crippen LogP contribution < -0.4 is 10.2 Å². The topological polar surface area (TPSA) is 93.3 Å². The smallest absolute Gasteiger partial charge is 0.254 e. The third kappa shape index (κ3) is 5.83. The van der Waals surface area contributed by atoms with Crippen molar-refractivity contribution in [1.82, 2.24) is 20.0 Å². The highest BCUT2D eigenvalue weighted by atomic mass is 16.2. The van der Waals surface area contributed by atoms with Crippen LogP contribution >= 0.6 is 0 Å². The van der Waals surface area contributed by atoms with Gasteiger partial charge in [0.05, 0.1) is 0 Å². The van der Waals surface area contributed by atoms with Crippen LogP contribution in [0.2, 0.25) is 0 Å². The molecule has 3 heterocycles. The molecule has 0 aliphatic carbocycles. The molecule has 0 radical (unpaired) electrons. The van der Waals surface area contributed by atoms with Gasteiger partial charge in [0.15, 0.2) is 0 Å². The first-order chi connectivity index (χ1) is 16.9. The van der Waals surface area contributed by atoms with Crippen LogP contribution in [0.25, 0.3) is 0 Å². The lowest BCUT2D eigenvalue weighted by Crippen LogP contribution is -2.53. The maximum absolute atomic E-state index is 13.1. The molecule has 4 rings (SSSR count). The van der Waals surface area contributed by atoms with Gasteiger partial charge in [-0.2, -0.15) is 0 Å². The number of hydrogen-bond acceptors (Lipinski definition) is 6. The number of piperazine rings is 1. The highest BCUT2D eigenvalue weighted by Gasteiger charge is 2.32. The SMILES string of the molecule is CC1CN(C=O)CCN1CC1CCN(c2ccc3c(c2)C(=O)N(C(C)CCC(=O)NC=O)C3)CC1. The zero-order chi connectivity index (χ0) is 24.9. The second-order valence-electron chi connectivity index (χ2n) is 10.2. The predicted molar refractivity (Wildman–Crippen MR) is 133 cm³/mol. The highest BCUT2D eigenvalue weighted by Crippen LogP contribution is 2.31. The normalized spacial score (nSPS) is 22.2. The number of imide groups is 1. The third-order valence-corrected chi connectivity index (χ3v) is 7.88. The van der Waals surface area contributed by atoms with Crippen molar-refractivity contribution in [1.29, 1.82) is 0 Å². The summed E-state index contributed by atoms with van der Waals surface area (Å²) >= 11 is 0. The maximum atomic E-state index is 13.1. The van der Waals surface area contributed by atoms with Crippen LogP contribution in [-0.2, 0) is 20.9 Å². The van der Waals surface area contributed by atoms with E-state index in [1.54, 1.807) is 0 Å². The molecule has 2 atom stereocenters. The van der Waals surface area contributed by atoms with Crippen LogP contribution in [0.1, 0.15) is 55.5 Å². The van der Waals surface area contributed by atoms with Gasteiger partial charge in [0, 0.05) is 75.6 Å². The zero-order valence-corrected chi connectivity index (χ0v) is 20.8. The summed E-state index contributed by atoms with van der Waals surface area (Å²) in [5, 5.41) is 2.15. The number of hydrogen-bond donors (Lipinski definition) is 1. The fourth-order valence-electron chi connectivity index (χ4n) is 5.59. The molecule has 9 nitrogen and oxygen atoms in total. The van der Waals surface area contributed by atoms with E-state index in [0.717, 1.165) is 75.3 Å². The summed E-state index contributed by atoms with van der Waals surface area (Å²) in [4.78, 5) is 54.7. The molecular formula is C26H37N5O4. The molecule has 0 aromatic heterocycles. The summed E-state index contributed by atoms with van der Waals surface area (Å²) < 4.78 is 0. The second-order valence-corrected chi connectivity index (χ2v) is 10.2. The summed E-state index contributed by atoms with van der Waals surface area (Å²) in [6, 6.07) is 6.54. The van der Waals surface area contributed by atoms with Gasteiger partial charge in [-0.05, 0) is 56.7 Å². The Morgan fingerprint density at radius 2 is 1.94 bits per heavy atom. The Kier molecular flexibility index (Phi) is 8.05. The van der Waals surface area contributed by atoms with E-state index in [1.807, 2.05) is 22.8 Å². The second kappa shape index (κ2) is 11.2. The van der Waals surface area contributed by atoms with Crippen molar-refractivity contribution in [2.45, 2.75) is 58.2 Å². The van der Waals surface area contributed by atoms with E-state index < -0.39 is 0 Å². The number of fused-ring (bicyclic) bond motifs is 1. The summed E-state index contributed by atoms with van der Waals surface area (Å²) in [7, 11) is 0. The van der Waals surface area contributed by atoms with E-state index in [4.69, 9.17) is 0 Å². The Labute approximate surface area is 207 Å². The van der Waals surface area contributed by atoms with Crippen molar-refractivity contribution in [2.24, 2.45) is 5.92 Å². The van der Waals surface area contributed by atoms with Gasteiger partial charge in [0.2, 0.25) is 18.7 Å². The lowest BCUT2D eigenvalue weighted by Gasteiger charge is -2.42. The molecule has 2 fully saturated rings. The Morgan fingerprint density at radius 3 is 2.63 bits per heavy atom. The first-order valence-electron chi connectivity index (χ1n) is 12.7. The molecule has 3 aliphatic rings. The molecule has 190 valence electrons. The molecule has 0 saturated carbocycles. The fraction of sp³-hybridized carbons (Fsp3) is 0.615. The van der Waals surface area contributed by atoms with E-state index >= 15 is 0 Å². The Morgan fingerprint density at radius 1 is 1.17 bits per heavy atom. The van der Waals surface area contributed by atoms with Crippen LogP contribution in [0, 0.1) is 5.92 Å². The molecule has 0 spiro atoms. The lowest BCUT2D eigenvalue weighted by atomic mass is 9.94. The molecule has 4 amide bonds. The minimum absolute atomic E-state index is 0.0171. The van der Waals surface area contributed by atoms with Crippen molar-refractivity contribution < 1.29 is 19.2 Å². The molecule has 3 aliphatic heterocycles.